The lowest BCUT2D eigenvalue weighted by Crippen LogP contribution is -2.13. The number of aromatic nitrogens is 1. The molecule has 0 aliphatic heterocycles. The van der Waals surface area contributed by atoms with Crippen LogP contribution in [0.1, 0.15) is 10.4 Å². The SMILES string of the molecule is Cc1ccc2nc(NC(=O)Cc3ccc(Cl)s3)sc2c1. The van der Waals surface area contributed by atoms with Crippen LogP contribution in [0.25, 0.3) is 10.2 Å². The second-order valence-corrected chi connectivity index (χ2v) is 7.25. The second-order valence-electron chi connectivity index (χ2n) is 4.42. The van der Waals surface area contributed by atoms with Crippen molar-refractivity contribution in [2.75, 3.05) is 5.32 Å². The van der Waals surface area contributed by atoms with Crippen molar-refractivity contribution in [1.82, 2.24) is 4.98 Å². The van der Waals surface area contributed by atoms with Crippen LogP contribution in [0, 0.1) is 6.92 Å². The van der Waals surface area contributed by atoms with E-state index in [0.717, 1.165) is 15.1 Å². The third-order valence-electron chi connectivity index (χ3n) is 2.75. The van der Waals surface area contributed by atoms with Crippen molar-refractivity contribution in [2.45, 2.75) is 13.3 Å². The van der Waals surface area contributed by atoms with E-state index in [1.54, 1.807) is 6.07 Å². The predicted octanol–water partition coefficient (Wildman–Crippen LogP) is 4.50. The number of thiazole rings is 1. The number of fused-ring (bicyclic) bond motifs is 1. The van der Waals surface area contributed by atoms with E-state index in [0.29, 0.717) is 15.9 Å². The molecule has 0 saturated carbocycles. The number of hydrogen-bond acceptors (Lipinski definition) is 4. The Labute approximate surface area is 129 Å². The zero-order chi connectivity index (χ0) is 14.1. The van der Waals surface area contributed by atoms with Gasteiger partial charge in [0.05, 0.1) is 21.0 Å². The van der Waals surface area contributed by atoms with Gasteiger partial charge in [-0.3, -0.25) is 4.79 Å². The summed E-state index contributed by atoms with van der Waals surface area (Å²) in [4.78, 5) is 17.3. The summed E-state index contributed by atoms with van der Waals surface area (Å²) in [6.45, 7) is 2.04. The lowest BCUT2D eigenvalue weighted by molar-refractivity contribution is -0.115. The van der Waals surface area contributed by atoms with Gasteiger partial charge in [-0.05, 0) is 36.8 Å². The van der Waals surface area contributed by atoms with Gasteiger partial charge < -0.3 is 5.32 Å². The fourth-order valence-corrected chi connectivity index (χ4v) is 3.92. The lowest BCUT2D eigenvalue weighted by atomic mass is 10.2. The van der Waals surface area contributed by atoms with Crippen LogP contribution < -0.4 is 5.32 Å². The molecule has 0 aliphatic rings. The van der Waals surface area contributed by atoms with Crippen LogP contribution in [0.2, 0.25) is 4.34 Å². The van der Waals surface area contributed by atoms with E-state index in [1.165, 1.54) is 28.2 Å². The van der Waals surface area contributed by atoms with Crippen LogP contribution >= 0.6 is 34.3 Å². The molecule has 3 aromatic rings. The number of hydrogen-bond donors (Lipinski definition) is 1. The van der Waals surface area contributed by atoms with Gasteiger partial charge in [-0.2, -0.15) is 0 Å². The molecule has 0 radical (unpaired) electrons. The Balaban J connectivity index is 1.73. The summed E-state index contributed by atoms with van der Waals surface area (Å²) >= 11 is 8.76. The fraction of sp³-hybridized carbons (Fsp3) is 0.143. The highest BCUT2D eigenvalue weighted by molar-refractivity contribution is 7.22. The number of anilines is 1. The molecule has 1 amide bonds. The van der Waals surface area contributed by atoms with Gasteiger partial charge in [0.25, 0.3) is 0 Å². The lowest BCUT2D eigenvalue weighted by Gasteiger charge is -1.98. The van der Waals surface area contributed by atoms with Crippen molar-refractivity contribution in [3.8, 4) is 0 Å². The number of halogens is 1. The van der Waals surface area contributed by atoms with Gasteiger partial charge in [0, 0.05) is 4.88 Å². The minimum Gasteiger partial charge on any atom is -0.302 e. The van der Waals surface area contributed by atoms with Crippen LogP contribution in [0.15, 0.2) is 30.3 Å². The van der Waals surface area contributed by atoms with Crippen LogP contribution in [-0.2, 0) is 11.2 Å². The molecule has 20 heavy (non-hydrogen) atoms. The number of nitrogens with zero attached hydrogens (tertiary/aromatic N) is 1. The number of benzene rings is 1. The average Bonchev–Trinajstić information content (AvgIpc) is 2.94. The topological polar surface area (TPSA) is 42.0 Å². The Kier molecular flexibility index (Phi) is 3.74. The molecule has 6 heteroatoms. The highest BCUT2D eigenvalue weighted by Gasteiger charge is 2.10. The molecular weight excluding hydrogens is 312 g/mol. The largest absolute Gasteiger partial charge is 0.302 e. The normalized spacial score (nSPS) is 10.9. The Morgan fingerprint density at radius 3 is 2.90 bits per heavy atom. The molecule has 3 nitrogen and oxygen atoms in total. The van der Waals surface area contributed by atoms with Gasteiger partial charge >= 0.3 is 0 Å². The molecule has 0 atom stereocenters. The van der Waals surface area contributed by atoms with E-state index in [9.17, 15) is 4.79 Å². The van der Waals surface area contributed by atoms with E-state index in [2.05, 4.69) is 16.4 Å². The second kappa shape index (κ2) is 5.52. The van der Waals surface area contributed by atoms with E-state index >= 15 is 0 Å². The van der Waals surface area contributed by atoms with Gasteiger partial charge in [-0.25, -0.2) is 4.98 Å². The molecule has 0 fully saturated rings. The van der Waals surface area contributed by atoms with E-state index < -0.39 is 0 Å². The van der Waals surface area contributed by atoms with Gasteiger partial charge in [-0.1, -0.05) is 29.0 Å². The van der Waals surface area contributed by atoms with E-state index in [-0.39, 0.29) is 5.91 Å². The number of nitrogens with one attached hydrogen (secondary N) is 1. The summed E-state index contributed by atoms with van der Waals surface area (Å²) in [5.41, 5.74) is 2.10. The van der Waals surface area contributed by atoms with Crippen LogP contribution in [0.4, 0.5) is 5.13 Å². The molecule has 2 heterocycles. The summed E-state index contributed by atoms with van der Waals surface area (Å²) < 4.78 is 1.78. The molecule has 0 unspecified atom stereocenters. The molecule has 2 aromatic heterocycles. The summed E-state index contributed by atoms with van der Waals surface area (Å²) in [5, 5.41) is 3.48. The van der Waals surface area contributed by atoms with Crippen molar-refractivity contribution in [3.05, 3.63) is 45.1 Å². The monoisotopic (exact) mass is 322 g/mol. The summed E-state index contributed by atoms with van der Waals surface area (Å²) in [7, 11) is 0. The first-order chi connectivity index (χ1) is 9.60. The maximum Gasteiger partial charge on any atom is 0.231 e. The van der Waals surface area contributed by atoms with E-state index in [4.69, 9.17) is 11.6 Å². The average molecular weight is 323 g/mol. The molecule has 1 N–H and O–H groups in total. The van der Waals surface area contributed by atoms with E-state index in [1.807, 2.05) is 25.1 Å². The number of carbonyl (C=O) groups is 1. The molecular formula is C14H11ClN2OS2. The first kappa shape index (κ1) is 13.5. The number of rotatable bonds is 3. The van der Waals surface area contributed by atoms with Crippen LogP contribution in [-0.4, -0.2) is 10.9 Å². The maximum atomic E-state index is 12.0. The Morgan fingerprint density at radius 2 is 2.15 bits per heavy atom. The number of amides is 1. The zero-order valence-corrected chi connectivity index (χ0v) is 13.0. The highest BCUT2D eigenvalue weighted by atomic mass is 35.5. The molecule has 0 bridgehead atoms. The smallest absolute Gasteiger partial charge is 0.231 e. The molecule has 0 aliphatic carbocycles. The molecule has 0 saturated heterocycles. The Hall–Kier alpha value is -1.43. The third-order valence-corrected chi connectivity index (χ3v) is 4.92. The first-order valence-corrected chi connectivity index (χ1v) is 8.02. The predicted molar refractivity (Wildman–Crippen MR) is 86.0 cm³/mol. The standard InChI is InChI=1S/C14H11ClN2OS2/c1-8-2-4-10-11(6-8)20-14(16-10)17-13(18)7-9-3-5-12(15)19-9/h2-6H,7H2,1H3,(H,16,17,18). The van der Waals surface area contributed by atoms with Crippen molar-refractivity contribution >= 4 is 55.5 Å². The van der Waals surface area contributed by atoms with Crippen molar-refractivity contribution < 1.29 is 4.79 Å². The summed E-state index contributed by atoms with van der Waals surface area (Å²) in [6, 6.07) is 9.72. The maximum absolute atomic E-state index is 12.0. The zero-order valence-electron chi connectivity index (χ0n) is 10.6. The molecule has 0 spiro atoms. The Morgan fingerprint density at radius 1 is 1.30 bits per heavy atom. The molecule has 3 rings (SSSR count). The number of carbonyl (C=O) groups excluding carboxylic acids is 1. The van der Waals surface area contributed by atoms with Gasteiger partial charge in [0.1, 0.15) is 0 Å². The molecule has 102 valence electrons. The molecule has 1 aromatic carbocycles. The third kappa shape index (κ3) is 3.00. The van der Waals surface area contributed by atoms with Crippen molar-refractivity contribution in [3.63, 3.8) is 0 Å². The minimum absolute atomic E-state index is 0.0701. The van der Waals surface area contributed by atoms with Gasteiger partial charge in [-0.15, -0.1) is 11.3 Å². The van der Waals surface area contributed by atoms with Gasteiger partial charge in [0.15, 0.2) is 5.13 Å². The first-order valence-electron chi connectivity index (χ1n) is 6.01. The van der Waals surface area contributed by atoms with Crippen molar-refractivity contribution in [2.24, 2.45) is 0 Å². The van der Waals surface area contributed by atoms with Gasteiger partial charge in [0.2, 0.25) is 5.91 Å². The quantitative estimate of drug-likeness (QED) is 0.771. The minimum atomic E-state index is -0.0701. The highest BCUT2D eigenvalue weighted by Crippen LogP contribution is 2.27. The fourth-order valence-electron chi connectivity index (χ4n) is 1.85. The summed E-state index contributed by atoms with van der Waals surface area (Å²) in [5.74, 6) is -0.0701. The van der Waals surface area contributed by atoms with Crippen molar-refractivity contribution in [1.29, 1.82) is 0 Å². The number of thiophene rings is 1. The Bertz CT molecular complexity index is 778. The van der Waals surface area contributed by atoms with Crippen LogP contribution in [0.3, 0.4) is 0 Å². The summed E-state index contributed by atoms with van der Waals surface area (Å²) in [6.07, 6.45) is 0.326. The number of aryl methyl sites for hydroxylation is 1. The van der Waals surface area contributed by atoms with Crippen LogP contribution in [0.5, 0.6) is 0 Å².